The molecule has 0 unspecified atom stereocenters. The first kappa shape index (κ1) is 13.6. The Bertz CT molecular complexity index is 557. The third-order valence-electron chi connectivity index (χ3n) is 3.41. The highest BCUT2D eigenvalue weighted by Gasteiger charge is 2.11. The van der Waals surface area contributed by atoms with Crippen LogP contribution in [0, 0.1) is 20.8 Å². The second-order valence-corrected chi connectivity index (χ2v) is 4.89. The van der Waals surface area contributed by atoms with Crippen molar-refractivity contribution in [2.75, 3.05) is 5.32 Å². The highest BCUT2D eigenvalue weighted by atomic mass is 15.3. The zero-order valence-corrected chi connectivity index (χ0v) is 12.2. The maximum Gasteiger partial charge on any atom is 0.129 e. The summed E-state index contributed by atoms with van der Waals surface area (Å²) in [7, 11) is 0. The van der Waals surface area contributed by atoms with E-state index in [1.807, 2.05) is 12.3 Å². The van der Waals surface area contributed by atoms with E-state index in [1.165, 1.54) is 16.8 Å². The Morgan fingerprint density at radius 3 is 2.74 bits per heavy atom. The molecule has 0 aliphatic carbocycles. The summed E-state index contributed by atoms with van der Waals surface area (Å²) < 4.78 is 2.09. The highest BCUT2D eigenvalue weighted by Crippen LogP contribution is 2.16. The Morgan fingerprint density at radius 2 is 2.05 bits per heavy atom. The molecule has 2 aromatic heterocycles. The van der Waals surface area contributed by atoms with Crippen molar-refractivity contribution < 1.29 is 0 Å². The number of nitrogens with one attached hydrogen (secondary N) is 1. The number of pyridine rings is 1. The number of hydrogen-bond donors (Lipinski definition) is 1. The second-order valence-electron chi connectivity index (χ2n) is 4.89. The Balaban J connectivity index is 2.14. The van der Waals surface area contributed by atoms with Crippen molar-refractivity contribution in [3.05, 3.63) is 40.8 Å². The standard InChI is InChI=1S/C15H22N4/c1-5-9-19-13(4)14(12(3)18-19)10-17-15-11(2)7-6-8-16-15/h6-8H,5,9-10H2,1-4H3,(H,16,17). The molecule has 0 saturated carbocycles. The molecule has 0 aliphatic rings. The van der Waals surface area contributed by atoms with Crippen LogP contribution in [0.15, 0.2) is 18.3 Å². The average Bonchev–Trinajstić information content (AvgIpc) is 2.65. The fourth-order valence-electron chi connectivity index (χ4n) is 2.26. The summed E-state index contributed by atoms with van der Waals surface area (Å²) in [5.41, 5.74) is 4.80. The minimum atomic E-state index is 0.777. The maximum absolute atomic E-state index is 4.59. The van der Waals surface area contributed by atoms with Crippen molar-refractivity contribution in [1.82, 2.24) is 14.8 Å². The summed E-state index contributed by atoms with van der Waals surface area (Å²) in [5.74, 6) is 0.949. The van der Waals surface area contributed by atoms with Crippen molar-refractivity contribution in [1.29, 1.82) is 0 Å². The van der Waals surface area contributed by atoms with Gasteiger partial charge in [-0.1, -0.05) is 13.0 Å². The molecule has 0 aromatic carbocycles. The van der Waals surface area contributed by atoms with Gasteiger partial charge in [0.15, 0.2) is 0 Å². The first-order valence-electron chi connectivity index (χ1n) is 6.81. The van der Waals surface area contributed by atoms with Gasteiger partial charge in [0.25, 0.3) is 0 Å². The predicted molar refractivity (Wildman–Crippen MR) is 78.3 cm³/mol. The van der Waals surface area contributed by atoms with Gasteiger partial charge in [-0.05, 0) is 38.8 Å². The van der Waals surface area contributed by atoms with E-state index in [1.54, 1.807) is 0 Å². The van der Waals surface area contributed by atoms with E-state index < -0.39 is 0 Å². The Morgan fingerprint density at radius 1 is 1.26 bits per heavy atom. The molecule has 0 radical (unpaired) electrons. The normalized spacial score (nSPS) is 10.7. The Hall–Kier alpha value is -1.84. The summed E-state index contributed by atoms with van der Waals surface area (Å²) in [6.07, 6.45) is 2.92. The average molecular weight is 258 g/mol. The maximum atomic E-state index is 4.59. The number of aromatic nitrogens is 3. The number of anilines is 1. The van der Waals surface area contributed by atoms with Gasteiger partial charge in [0.05, 0.1) is 5.69 Å². The zero-order valence-electron chi connectivity index (χ0n) is 12.2. The van der Waals surface area contributed by atoms with E-state index in [4.69, 9.17) is 0 Å². The predicted octanol–water partition coefficient (Wildman–Crippen LogP) is 3.23. The molecule has 0 atom stereocenters. The van der Waals surface area contributed by atoms with Crippen LogP contribution in [0.1, 0.15) is 35.9 Å². The van der Waals surface area contributed by atoms with Gasteiger partial charge in [0.2, 0.25) is 0 Å². The van der Waals surface area contributed by atoms with Crippen LogP contribution in [-0.4, -0.2) is 14.8 Å². The van der Waals surface area contributed by atoms with Crippen LogP contribution in [0.2, 0.25) is 0 Å². The van der Waals surface area contributed by atoms with Crippen molar-refractivity contribution in [2.45, 2.75) is 47.2 Å². The number of nitrogens with zero attached hydrogens (tertiary/aromatic N) is 3. The first-order valence-corrected chi connectivity index (χ1v) is 6.81. The zero-order chi connectivity index (χ0) is 13.8. The molecule has 0 spiro atoms. The molecular formula is C15H22N4. The van der Waals surface area contributed by atoms with Gasteiger partial charge in [0.1, 0.15) is 5.82 Å². The summed E-state index contributed by atoms with van der Waals surface area (Å²) in [6.45, 7) is 10.2. The minimum absolute atomic E-state index is 0.777. The third-order valence-corrected chi connectivity index (χ3v) is 3.41. The number of hydrogen-bond acceptors (Lipinski definition) is 3. The quantitative estimate of drug-likeness (QED) is 0.895. The van der Waals surface area contributed by atoms with Crippen LogP contribution < -0.4 is 5.32 Å². The topological polar surface area (TPSA) is 42.7 Å². The van der Waals surface area contributed by atoms with Gasteiger partial charge >= 0.3 is 0 Å². The molecule has 19 heavy (non-hydrogen) atoms. The summed E-state index contributed by atoms with van der Waals surface area (Å²) >= 11 is 0. The lowest BCUT2D eigenvalue weighted by atomic mass is 10.2. The van der Waals surface area contributed by atoms with Crippen molar-refractivity contribution in [3.63, 3.8) is 0 Å². The largest absolute Gasteiger partial charge is 0.366 e. The van der Waals surface area contributed by atoms with Crippen LogP contribution >= 0.6 is 0 Å². The molecule has 0 amide bonds. The van der Waals surface area contributed by atoms with Crippen molar-refractivity contribution in [2.24, 2.45) is 0 Å². The highest BCUT2D eigenvalue weighted by molar-refractivity contribution is 5.43. The van der Waals surface area contributed by atoms with E-state index in [-0.39, 0.29) is 0 Å². The van der Waals surface area contributed by atoms with Crippen LogP contribution in [0.25, 0.3) is 0 Å². The molecule has 102 valence electrons. The SMILES string of the molecule is CCCn1nc(C)c(CNc2ncccc2C)c1C. The molecule has 0 saturated heterocycles. The van der Waals surface area contributed by atoms with Crippen molar-refractivity contribution >= 4 is 5.82 Å². The molecule has 0 aliphatic heterocycles. The van der Waals surface area contributed by atoms with Gasteiger partial charge in [0, 0.05) is 30.5 Å². The number of aryl methyl sites for hydroxylation is 3. The molecule has 1 N–H and O–H groups in total. The molecule has 0 fully saturated rings. The summed E-state index contributed by atoms with van der Waals surface area (Å²) in [6, 6.07) is 4.02. The van der Waals surface area contributed by atoms with Crippen LogP contribution in [0.3, 0.4) is 0 Å². The summed E-state index contributed by atoms with van der Waals surface area (Å²) in [4.78, 5) is 4.36. The van der Waals surface area contributed by atoms with Gasteiger partial charge in [-0.25, -0.2) is 4.98 Å². The minimum Gasteiger partial charge on any atom is -0.366 e. The second kappa shape index (κ2) is 5.87. The van der Waals surface area contributed by atoms with Crippen LogP contribution in [0.5, 0.6) is 0 Å². The van der Waals surface area contributed by atoms with Crippen molar-refractivity contribution in [3.8, 4) is 0 Å². The Labute approximate surface area is 114 Å². The smallest absolute Gasteiger partial charge is 0.129 e. The fourth-order valence-corrected chi connectivity index (χ4v) is 2.26. The van der Waals surface area contributed by atoms with E-state index in [0.717, 1.165) is 31.0 Å². The lowest BCUT2D eigenvalue weighted by Gasteiger charge is -2.08. The lowest BCUT2D eigenvalue weighted by molar-refractivity contribution is 0.582. The van der Waals surface area contributed by atoms with E-state index in [2.05, 4.69) is 53.8 Å². The molecule has 0 bridgehead atoms. The van der Waals surface area contributed by atoms with Crippen LogP contribution in [-0.2, 0) is 13.1 Å². The van der Waals surface area contributed by atoms with Gasteiger partial charge in [-0.3, -0.25) is 4.68 Å². The lowest BCUT2D eigenvalue weighted by Crippen LogP contribution is -2.06. The van der Waals surface area contributed by atoms with Gasteiger partial charge < -0.3 is 5.32 Å². The Kier molecular flexibility index (Phi) is 4.20. The molecular weight excluding hydrogens is 236 g/mol. The van der Waals surface area contributed by atoms with Gasteiger partial charge in [-0.15, -0.1) is 0 Å². The van der Waals surface area contributed by atoms with Crippen LogP contribution in [0.4, 0.5) is 5.82 Å². The molecule has 4 nitrogen and oxygen atoms in total. The monoisotopic (exact) mass is 258 g/mol. The fraction of sp³-hybridized carbons (Fsp3) is 0.467. The van der Waals surface area contributed by atoms with Gasteiger partial charge in [-0.2, -0.15) is 5.10 Å². The third kappa shape index (κ3) is 2.95. The summed E-state index contributed by atoms with van der Waals surface area (Å²) in [5, 5.41) is 7.99. The molecule has 2 heterocycles. The van der Waals surface area contributed by atoms with E-state index in [0.29, 0.717) is 0 Å². The van der Waals surface area contributed by atoms with E-state index >= 15 is 0 Å². The molecule has 2 aromatic rings. The first-order chi connectivity index (χ1) is 9.13. The molecule has 2 rings (SSSR count). The number of rotatable bonds is 5. The van der Waals surface area contributed by atoms with E-state index in [9.17, 15) is 0 Å². The molecule has 4 heteroatoms.